The number of rotatable bonds is 4. The van der Waals surface area contributed by atoms with Gasteiger partial charge in [-0.3, -0.25) is 9.36 Å². The van der Waals surface area contributed by atoms with E-state index in [2.05, 4.69) is 4.98 Å². The number of hydrogen-bond donors (Lipinski definition) is 1. The van der Waals surface area contributed by atoms with Gasteiger partial charge in [-0.2, -0.15) is 5.26 Å². The summed E-state index contributed by atoms with van der Waals surface area (Å²) in [5.74, 6) is -0.313. The van der Waals surface area contributed by atoms with Gasteiger partial charge in [0, 0.05) is 16.5 Å². The SMILES string of the molecule is N#Cc1ccc(CC2C(=O)N(c3cc(Cl)cc(Cl)c3)c3ncc(S(N)(=O)=O)n32)cc1. The Kier molecular flexibility index (Phi) is 5.03. The van der Waals surface area contributed by atoms with Crippen molar-refractivity contribution in [1.82, 2.24) is 9.55 Å². The zero-order valence-electron chi connectivity index (χ0n) is 15.2. The molecule has 2 N–H and O–H groups in total. The molecule has 2 aromatic carbocycles. The van der Waals surface area contributed by atoms with Crippen molar-refractivity contribution in [1.29, 1.82) is 5.26 Å². The number of benzene rings is 2. The van der Waals surface area contributed by atoms with Crippen molar-refractivity contribution >= 4 is 50.8 Å². The van der Waals surface area contributed by atoms with E-state index in [0.29, 0.717) is 21.3 Å². The number of anilines is 2. The van der Waals surface area contributed by atoms with Crippen LogP contribution in [0.5, 0.6) is 0 Å². The van der Waals surface area contributed by atoms with Gasteiger partial charge in [0.25, 0.3) is 15.9 Å². The number of carbonyl (C=O) groups excluding carboxylic acids is 1. The molecule has 1 aliphatic rings. The Balaban J connectivity index is 1.84. The summed E-state index contributed by atoms with van der Waals surface area (Å²) >= 11 is 12.2. The number of nitrogens with two attached hydrogens (primary N) is 1. The summed E-state index contributed by atoms with van der Waals surface area (Å²) in [6.45, 7) is 0. The van der Waals surface area contributed by atoms with Crippen LogP contribution in [0.1, 0.15) is 17.2 Å². The van der Waals surface area contributed by atoms with E-state index < -0.39 is 22.0 Å². The number of amides is 1. The minimum atomic E-state index is -4.14. The van der Waals surface area contributed by atoms with Crippen LogP contribution in [0.3, 0.4) is 0 Å². The van der Waals surface area contributed by atoms with E-state index in [0.717, 1.165) is 11.8 Å². The molecule has 152 valence electrons. The average molecular weight is 462 g/mol. The lowest BCUT2D eigenvalue weighted by atomic mass is 10.0. The monoisotopic (exact) mass is 461 g/mol. The topological polar surface area (TPSA) is 122 Å². The molecule has 0 radical (unpaired) electrons. The van der Waals surface area contributed by atoms with Crippen LogP contribution >= 0.6 is 23.2 Å². The van der Waals surface area contributed by atoms with E-state index in [9.17, 15) is 13.2 Å². The van der Waals surface area contributed by atoms with Crippen molar-refractivity contribution in [3.05, 3.63) is 69.8 Å². The number of nitrogens with zero attached hydrogens (tertiary/aromatic N) is 4. The molecule has 1 amide bonds. The van der Waals surface area contributed by atoms with Crippen LogP contribution in [0.25, 0.3) is 0 Å². The maximum Gasteiger partial charge on any atom is 0.257 e. The molecule has 0 saturated heterocycles. The predicted octanol–water partition coefficient (Wildman–Crippen LogP) is 3.17. The summed E-state index contributed by atoms with van der Waals surface area (Å²) in [5, 5.41) is 14.7. The van der Waals surface area contributed by atoms with Gasteiger partial charge in [0.15, 0.2) is 5.03 Å². The first-order valence-corrected chi connectivity index (χ1v) is 10.9. The highest BCUT2D eigenvalue weighted by Gasteiger charge is 2.42. The van der Waals surface area contributed by atoms with Crippen LogP contribution < -0.4 is 10.0 Å². The summed E-state index contributed by atoms with van der Waals surface area (Å²) in [6, 6.07) is 12.4. The number of imidazole rings is 1. The number of nitriles is 1. The van der Waals surface area contributed by atoms with Crippen LogP contribution in [-0.4, -0.2) is 23.9 Å². The maximum atomic E-state index is 13.3. The zero-order chi connectivity index (χ0) is 21.6. The summed E-state index contributed by atoms with van der Waals surface area (Å²) < 4.78 is 25.5. The van der Waals surface area contributed by atoms with Gasteiger partial charge in [-0.05, 0) is 35.9 Å². The highest BCUT2D eigenvalue weighted by atomic mass is 35.5. The lowest BCUT2D eigenvalue weighted by Gasteiger charge is -2.16. The van der Waals surface area contributed by atoms with Crippen molar-refractivity contribution < 1.29 is 13.2 Å². The van der Waals surface area contributed by atoms with Crippen LogP contribution in [0, 0.1) is 11.3 Å². The molecule has 0 spiro atoms. The van der Waals surface area contributed by atoms with Crippen molar-refractivity contribution in [2.75, 3.05) is 4.90 Å². The Morgan fingerprint density at radius 2 is 1.77 bits per heavy atom. The molecule has 1 unspecified atom stereocenters. The van der Waals surface area contributed by atoms with Crippen molar-refractivity contribution in [2.45, 2.75) is 17.5 Å². The molecule has 4 rings (SSSR count). The third kappa shape index (κ3) is 3.55. The molecular formula is C19H13Cl2N5O3S. The number of aromatic nitrogens is 2. The number of sulfonamides is 1. The standard InChI is InChI=1S/C19H13Cl2N5O3S/c20-13-6-14(21)8-15(7-13)25-18(27)16(5-11-1-3-12(9-22)4-2-11)26-17(30(23,28)29)10-24-19(25)26/h1-4,6-8,10,16H,5H2,(H2,23,28,29). The number of fused-ring (bicyclic) bond motifs is 1. The molecule has 2 heterocycles. The second-order valence-corrected chi connectivity index (χ2v) is 9.02. The fraction of sp³-hybridized carbons (Fsp3) is 0.105. The van der Waals surface area contributed by atoms with Crippen molar-refractivity contribution in [3.63, 3.8) is 0 Å². The molecule has 0 aliphatic carbocycles. The Morgan fingerprint density at radius 1 is 1.13 bits per heavy atom. The van der Waals surface area contributed by atoms with E-state index in [1.54, 1.807) is 24.3 Å². The normalized spacial score (nSPS) is 15.9. The highest BCUT2D eigenvalue weighted by molar-refractivity contribution is 7.89. The van der Waals surface area contributed by atoms with Crippen LogP contribution in [0.2, 0.25) is 10.0 Å². The molecule has 1 atom stereocenters. The highest BCUT2D eigenvalue weighted by Crippen LogP contribution is 2.40. The number of primary sulfonamides is 1. The molecule has 0 fully saturated rings. The first kappa shape index (κ1) is 20.4. The van der Waals surface area contributed by atoms with Gasteiger partial charge in [-0.15, -0.1) is 0 Å². The third-order valence-electron chi connectivity index (χ3n) is 4.67. The lowest BCUT2D eigenvalue weighted by Crippen LogP contribution is -2.27. The molecule has 0 saturated carbocycles. The maximum absolute atomic E-state index is 13.3. The largest absolute Gasteiger partial charge is 0.286 e. The molecular weight excluding hydrogens is 449 g/mol. The lowest BCUT2D eigenvalue weighted by molar-refractivity contribution is -0.119. The molecule has 0 bridgehead atoms. The smallest absolute Gasteiger partial charge is 0.257 e. The van der Waals surface area contributed by atoms with Crippen molar-refractivity contribution in [2.24, 2.45) is 5.14 Å². The first-order valence-electron chi connectivity index (χ1n) is 8.58. The van der Waals surface area contributed by atoms with Crippen LogP contribution in [-0.2, 0) is 21.2 Å². The van der Waals surface area contributed by atoms with E-state index in [-0.39, 0.29) is 17.4 Å². The molecule has 11 heteroatoms. The summed E-state index contributed by atoms with van der Waals surface area (Å²) in [6.07, 6.45) is 1.28. The van der Waals surface area contributed by atoms with Gasteiger partial charge in [0.05, 0.1) is 23.5 Å². The van der Waals surface area contributed by atoms with Gasteiger partial charge >= 0.3 is 0 Å². The quantitative estimate of drug-likeness (QED) is 0.638. The predicted molar refractivity (Wildman–Crippen MR) is 111 cm³/mol. The average Bonchev–Trinajstić information content (AvgIpc) is 3.20. The van der Waals surface area contributed by atoms with Gasteiger partial charge in [0.2, 0.25) is 5.95 Å². The second-order valence-electron chi connectivity index (χ2n) is 6.64. The van der Waals surface area contributed by atoms with Gasteiger partial charge < -0.3 is 0 Å². The molecule has 1 aliphatic heterocycles. The van der Waals surface area contributed by atoms with Gasteiger partial charge in [-0.25, -0.2) is 23.4 Å². The van der Waals surface area contributed by atoms with E-state index in [1.165, 1.54) is 27.7 Å². The van der Waals surface area contributed by atoms with Gasteiger partial charge in [-0.1, -0.05) is 35.3 Å². The second kappa shape index (κ2) is 7.41. The summed E-state index contributed by atoms with van der Waals surface area (Å²) in [7, 11) is -4.14. The first-order chi connectivity index (χ1) is 14.2. The van der Waals surface area contributed by atoms with E-state index in [4.69, 9.17) is 33.6 Å². The Hall–Kier alpha value is -2.90. The minimum Gasteiger partial charge on any atom is -0.286 e. The zero-order valence-corrected chi connectivity index (χ0v) is 17.5. The fourth-order valence-corrected chi connectivity index (χ4v) is 4.59. The Bertz CT molecular complexity index is 1290. The van der Waals surface area contributed by atoms with Crippen LogP contribution in [0.15, 0.2) is 53.7 Å². The van der Waals surface area contributed by atoms with Gasteiger partial charge in [0.1, 0.15) is 6.04 Å². The Morgan fingerprint density at radius 3 is 2.33 bits per heavy atom. The molecule has 8 nitrogen and oxygen atoms in total. The Labute approximate surface area is 182 Å². The van der Waals surface area contributed by atoms with E-state index >= 15 is 0 Å². The number of halogens is 2. The molecule has 3 aromatic rings. The number of carbonyl (C=O) groups is 1. The fourth-order valence-electron chi connectivity index (χ4n) is 3.39. The molecule has 30 heavy (non-hydrogen) atoms. The summed E-state index contributed by atoms with van der Waals surface area (Å²) in [5.41, 5.74) is 1.56. The van der Waals surface area contributed by atoms with E-state index in [1.807, 2.05) is 6.07 Å². The number of hydrogen-bond acceptors (Lipinski definition) is 5. The third-order valence-corrected chi connectivity index (χ3v) is 5.99. The van der Waals surface area contributed by atoms with Crippen LogP contribution in [0.4, 0.5) is 11.6 Å². The summed E-state index contributed by atoms with van der Waals surface area (Å²) in [4.78, 5) is 18.7. The van der Waals surface area contributed by atoms with Crippen molar-refractivity contribution in [3.8, 4) is 6.07 Å². The molecule has 1 aromatic heterocycles. The minimum absolute atomic E-state index is 0.0982.